The van der Waals surface area contributed by atoms with Crippen LogP contribution in [0.15, 0.2) is 76.4 Å². The molecule has 1 aromatic heterocycles. The molecule has 7 rings (SSSR count). The number of allylic oxidation sites excluding steroid dienone is 2. The molecule has 0 amide bonds. The Balaban J connectivity index is 0.000000132. The van der Waals surface area contributed by atoms with Crippen molar-refractivity contribution in [1.29, 1.82) is 0 Å². The molecule has 3 aromatic rings. The van der Waals surface area contributed by atoms with E-state index in [9.17, 15) is 0 Å². The van der Waals surface area contributed by atoms with Gasteiger partial charge in [0.05, 0.1) is 14.3 Å². The summed E-state index contributed by atoms with van der Waals surface area (Å²) in [5.41, 5.74) is 10.8. The molecule has 0 N–H and O–H groups in total. The van der Waals surface area contributed by atoms with Crippen molar-refractivity contribution in [1.82, 2.24) is 0 Å². The summed E-state index contributed by atoms with van der Waals surface area (Å²) >= 11 is 1.58. The van der Waals surface area contributed by atoms with E-state index in [1.54, 1.807) is 35.5 Å². The van der Waals surface area contributed by atoms with E-state index in [2.05, 4.69) is 87.6 Å². The number of benzene rings is 2. The Labute approximate surface area is 189 Å². The first-order valence-electron chi connectivity index (χ1n) is 10.3. The molecule has 2 aromatic carbocycles. The van der Waals surface area contributed by atoms with Gasteiger partial charge < -0.3 is 4.42 Å². The molecule has 2 atom stereocenters. The van der Waals surface area contributed by atoms with Crippen LogP contribution >= 0.6 is 0 Å². The Kier molecular flexibility index (Phi) is 4.60. The van der Waals surface area contributed by atoms with Crippen molar-refractivity contribution in [3.8, 4) is 11.1 Å². The molecule has 2 bridgehead atoms. The molecule has 29 heavy (non-hydrogen) atoms. The number of hydrogen-bond donors (Lipinski definition) is 0. The molecule has 0 radical (unpaired) electrons. The fourth-order valence-corrected chi connectivity index (χ4v) is 10.6. The van der Waals surface area contributed by atoms with E-state index in [0.29, 0.717) is 9.17 Å². The van der Waals surface area contributed by atoms with Gasteiger partial charge in [-0.25, -0.2) is 0 Å². The summed E-state index contributed by atoms with van der Waals surface area (Å²) in [5, 5.41) is 1.66. The van der Waals surface area contributed by atoms with Crippen molar-refractivity contribution in [2.24, 2.45) is 0 Å². The van der Waals surface area contributed by atoms with Gasteiger partial charge in [0, 0.05) is 11.1 Å². The van der Waals surface area contributed by atoms with Gasteiger partial charge in [-0.05, 0) is 18.2 Å². The van der Waals surface area contributed by atoms with E-state index < -0.39 is 8.07 Å². The minimum absolute atomic E-state index is 0.654. The normalized spacial score (nSPS) is 22.2. The molecule has 0 fully saturated rings. The van der Waals surface area contributed by atoms with Crippen LogP contribution in [0.5, 0.6) is 0 Å². The number of rotatable bonds is 1. The van der Waals surface area contributed by atoms with Crippen LogP contribution in [0.25, 0.3) is 22.4 Å². The second kappa shape index (κ2) is 6.93. The summed E-state index contributed by atoms with van der Waals surface area (Å²) in [6.07, 6.45) is 4.19. The van der Waals surface area contributed by atoms with Crippen LogP contribution in [0.3, 0.4) is 0 Å². The average molecular weight is 473 g/mol. The number of hydrogen-bond acceptors (Lipinski definition) is 1. The molecule has 0 saturated carbocycles. The Hall–Kier alpha value is -1.70. The van der Waals surface area contributed by atoms with E-state index in [1.165, 1.54) is 39.2 Å². The van der Waals surface area contributed by atoms with Gasteiger partial charge in [-0.3, -0.25) is 0 Å². The molecule has 4 aliphatic rings. The summed E-state index contributed by atoms with van der Waals surface area (Å²) in [4.78, 5) is 0. The fourth-order valence-electron chi connectivity index (χ4n) is 5.52. The zero-order valence-corrected chi connectivity index (χ0v) is 20.9. The van der Waals surface area contributed by atoms with Crippen molar-refractivity contribution in [2.45, 2.75) is 36.1 Å². The number of fused-ring (bicyclic) bond motifs is 1. The van der Waals surface area contributed by atoms with Gasteiger partial charge in [0.15, 0.2) is 0 Å². The molecule has 1 nitrogen and oxygen atoms in total. The first-order valence-corrected chi connectivity index (χ1v) is 14.8. The SMILES string of the molecule is CC1=C2c3ccoc3C1[Si]2(C)C.CC1=Cc2c(-c3ccccc3)cccc2[CH]1[Zr]. The van der Waals surface area contributed by atoms with Gasteiger partial charge in [0.2, 0.25) is 0 Å². The zero-order valence-electron chi connectivity index (χ0n) is 17.4. The summed E-state index contributed by atoms with van der Waals surface area (Å²) in [6, 6.07) is 19.5. The van der Waals surface area contributed by atoms with Gasteiger partial charge in [0.25, 0.3) is 0 Å². The van der Waals surface area contributed by atoms with Crippen molar-refractivity contribution in [3.05, 3.63) is 94.5 Å². The monoisotopic (exact) mass is 471 g/mol. The molecule has 143 valence electrons. The molecule has 2 unspecified atom stereocenters. The molecule has 3 heteroatoms. The first-order chi connectivity index (χ1) is 13.9. The van der Waals surface area contributed by atoms with Gasteiger partial charge in [-0.1, -0.05) is 18.7 Å². The predicted molar refractivity (Wildman–Crippen MR) is 120 cm³/mol. The first kappa shape index (κ1) is 19.3. The van der Waals surface area contributed by atoms with Crippen LogP contribution in [0, 0.1) is 0 Å². The molecule has 3 heterocycles. The molecular formula is C26H25OSiZr. The molecule has 0 saturated heterocycles. The van der Waals surface area contributed by atoms with Crippen molar-refractivity contribution >= 4 is 19.3 Å². The Morgan fingerprint density at radius 3 is 2.34 bits per heavy atom. The summed E-state index contributed by atoms with van der Waals surface area (Å²) in [5.74, 6) is 1.26. The third-order valence-corrected chi connectivity index (χ3v) is 12.8. The van der Waals surface area contributed by atoms with Crippen molar-refractivity contribution in [3.63, 3.8) is 0 Å². The van der Waals surface area contributed by atoms with Gasteiger partial charge in [-0.15, -0.1) is 0 Å². The van der Waals surface area contributed by atoms with Crippen molar-refractivity contribution in [2.75, 3.05) is 0 Å². The number of furan rings is 1. The summed E-state index contributed by atoms with van der Waals surface area (Å²) < 4.78 is 6.18. The standard InChI is InChI=1S/C16H13.C10H12OSi.Zr/c1-12-10-14-8-5-9-15(16(14)11-12)13-6-3-2-4-7-13;1-6-9-7-4-5-11-8(7)10(6)12(9,2)3;/h2-11H,1H3;4-5,10H,1-3H3;. The third-order valence-electron chi connectivity index (χ3n) is 6.78. The van der Waals surface area contributed by atoms with Crippen LogP contribution in [-0.4, -0.2) is 8.07 Å². The van der Waals surface area contributed by atoms with Gasteiger partial charge in [-0.2, -0.15) is 0 Å². The predicted octanol–water partition coefficient (Wildman–Crippen LogP) is 7.31. The maximum atomic E-state index is 5.53. The second-order valence-electron chi connectivity index (χ2n) is 8.91. The topological polar surface area (TPSA) is 13.1 Å². The Morgan fingerprint density at radius 2 is 1.66 bits per heavy atom. The second-order valence-corrected chi connectivity index (χ2v) is 14.8. The quantitative estimate of drug-likeness (QED) is 0.338. The molecule has 2 aliphatic carbocycles. The van der Waals surface area contributed by atoms with Gasteiger partial charge in [0.1, 0.15) is 5.76 Å². The van der Waals surface area contributed by atoms with Crippen molar-refractivity contribution < 1.29 is 29.1 Å². The molecule has 0 spiro atoms. The maximum absolute atomic E-state index is 5.53. The Morgan fingerprint density at radius 1 is 0.897 bits per heavy atom. The van der Waals surface area contributed by atoms with Gasteiger partial charge >= 0.3 is 118 Å². The third kappa shape index (κ3) is 2.81. The van der Waals surface area contributed by atoms with E-state index >= 15 is 0 Å². The van der Waals surface area contributed by atoms with Crippen LogP contribution in [0.2, 0.25) is 13.1 Å². The van der Waals surface area contributed by atoms with Crippen LogP contribution in [0.1, 0.15) is 45.5 Å². The van der Waals surface area contributed by atoms with E-state index in [1.807, 2.05) is 6.26 Å². The van der Waals surface area contributed by atoms with E-state index in [4.69, 9.17) is 4.42 Å². The van der Waals surface area contributed by atoms with Crippen LogP contribution < -0.4 is 0 Å². The van der Waals surface area contributed by atoms with E-state index in [-0.39, 0.29) is 0 Å². The van der Waals surface area contributed by atoms with Crippen LogP contribution in [-0.2, 0) is 24.7 Å². The summed E-state index contributed by atoms with van der Waals surface area (Å²) in [6.45, 7) is 9.38. The zero-order chi connectivity index (χ0) is 20.3. The van der Waals surface area contributed by atoms with Crippen LogP contribution in [0.4, 0.5) is 0 Å². The summed E-state index contributed by atoms with van der Waals surface area (Å²) in [7, 11) is -1.08. The Bertz CT molecular complexity index is 1170. The van der Waals surface area contributed by atoms with E-state index in [0.717, 1.165) is 0 Å². The fraction of sp³-hybridized carbons (Fsp3) is 0.231. The molecular weight excluding hydrogens is 448 g/mol. The molecule has 2 aliphatic heterocycles. The minimum atomic E-state index is -1.08. The average Bonchev–Trinajstić information content (AvgIpc) is 3.40.